The Morgan fingerprint density at radius 2 is 1.64 bits per heavy atom. The number of rotatable bonds is 3. The van der Waals surface area contributed by atoms with Crippen LogP contribution in [0.25, 0.3) is 10.8 Å². The number of anilines is 3. The third-order valence-corrected chi connectivity index (χ3v) is 4.26. The van der Waals surface area contributed by atoms with Crippen LogP contribution in [0, 0.1) is 0 Å². The second kappa shape index (κ2) is 5.32. The maximum absolute atomic E-state index is 11.6. The van der Waals surface area contributed by atoms with Crippen LogP contribution in [0.3, 0.4) is 0 Å². The molecule has 0 spiro atoms. The van der Waals surface area contributed by atoms with E-state index < -0.39 is 10.1 Å². The normalized spacial score (nSPS) is 11.5. The van der Waals surface area contributed by atoms with E-state index in [1.54, 1.807) is 24.3 Å². The van der Waals surface area contributed by atoms with Crippen molar-refractivity contribution in [3.05, 3.63) is 60.7 Å². The number of para-hydroxylation sites is 1. The van der Waals surface area contributed by atoms with Gasteiger partial charge in [0.15, 0.2) is 0 Å². The SMILES string of the molecule is Nc1ccc(Nc2ccccc2)c2c(S(=O)(=O)O)cccc12. The first-order chi connectivity index (χ1) is 10.5. The van der Waals surface area contributed by atoms with Crippen LogP contribution >= 0.6 is 0 Å². The number of nitrogens with two attached hydrogens (primary N) is 1. The van der Waals surface area contributed by atoms with Crippen LogP contribution in [0.2, 0.25) is 0 Å². The van der Waals surface area contributed by atoms with Gasteiger partial charge in [0, 0.05) is 27.8 Å². The summed E-state index contributed by atoms with van der Waals surface area (Å²) in [6.07, 6.45) is 0. The minimum atomic E-state index is -4.36. The topological polar surface area (TPSA) is 92.4 Å². The number of nitrogen functional groups attached to an aromatic ring is 1. The van der Waals surface area contributed by atoms with Crippen molar-refractivity contribution in [2.45, 2.75) is 4.90 Å². The predicted molar refractivity (Wildman–Crippen MR) is 87.9 cm³/mol. The first kappa shape index (κ1) is 14.4. The molecule has 22 heavy (non-hydrogen) atoms. The Kier molecular flexibility index (Phi) is 3.48. The summed E-state index contributed by atoms with van der Waals surface area (Å²) >= 11 is 0. The van der Waals surface area contributed by atoms with Crippen molar-refractivity contribution in [2.75, 3.05) is 11.1 Å². The fraction of sp³-hybridized carbons (Fsp3) is 0. The van der Waals surface area contributed by atoms with E-state index in [-0.39, 0.29) is 4.90 Å². The van der Waals surface area contributed by atoms with Crippen LogP contribution in [-0.4, -0.2) is 13.0 Å². The Bertz CT molecular complexity index is 938. The summed E-state index contributed by atoms with van der Waals surface area (Å²) in [4.78, 5) is -0.171. The minimum absolute atomic E-state index is 0.171. The maximum atomic E-state index is 11.6. The van der Waals surface area contributed by atoms with Gasteiger partial charge in [-0.05, 0) is 30.3 Å². The zero-order valence-corrected chi connectivity index (χ0v) is 12.3. The molecule has 0 amide bonds. The van der Waals surface area contributed by atoms with Gasteiger partial charge in [0.2, 0.25) is 0 Å². The lowest BCUT2D eigenvalue weighted by Gasteiger charge is -2.13. The lowest BCUT2D eigenvalue weighted by Crippen LogP contribution is -2.02. The van der Waals surface area contributed by atoms with E-state index in [0.717, 1.165) is 5.69 Å². The van der Waals surface area contributed by atoms with Crippen molar-refractivity contribution in [3.63, 3.8) is 0 Å². The highest BCUT2D eigenvalue weighted by Crippen LogP contribution is 2.35. The Morgan fingerprint density at radius 3 is 2.32 bits per heavy atom. The molecule has 0 unspecified atom stereocenters. The highest BCUT2D eigenvalue weighted by molar-refractivity contribution is 7.86. The van der Waals surface area contributed by atoms with Gasteiger partial charge >= 0.3 is 0 Å². The molecule has 112 valence electrons. The predicted octanol–water partition coefficient (Wildman–Crippen LogP) is 3.41. The number of fused-ring (bicyclic) bond motifs is 1. The summed E-state index contributed by atoms with van der Waals surface area (Å²) in [5.74, 6) is 0. The van der Waals surface area contributed by atoms with E-state index in [2.05, 4.69) is 5.32 Å². The van der Waals surface area contributed by atoms with Crippen LogP contribution in [0.5, 0.6) is 0 Å². The first-order valence-corrected chi connectivity index (χ1v) is 8.01. The maximum Gasteiger partial charge on any atom is 0.295 e. The third-order valence-electron chi connectivity index (χ3n) is 3.37. The van der Waals surface area contributed by atoms with E-state index in [9.17, 15) is 13.0 Å². The fourth-order valence-corrected chi connectivity index (χ4v) is 3.12. The highest BCUT2D eigenvalue weighted by Gasteiger charge is 2.17. The molecule has 0 aliphatic heterocycles. The largest absolute Gasteiger partial charge is 0.398 e. The van der Waals surface area contributed by atoms with Gasteiger partial charge in [-0.3, -0.25) is 4.55 Å². The van der Waals surface area contributed by atoms with E-state index in [0.29, 0.717) is 22.1 Å². The van der Waals surface area contributed by atoms with Crippen molar-refractivity contribution < 1.29 is 13.0 Å². The van der Waals surface area contributed by atoms with E-state index >= 15 is 0 Å². The third kappa shape index (κ3) is 2.61. The quantitative estimate of drug-likeness (QED) is 0.509. The molecule has 4 N–H and O–H groups in total. The van der Waals surface area contributed by atoms with Crippen molar-refractivity contribution >= 4 is 38.0 Å². The lowest BCUT2D eigenvalue weighted by molar-refractivity contribution is 0.484. The van der Waals surface area contributed by atoms with Crippen molar-refractivity contribution in [2.24, 2.45) is 0 Å². The molecule has 3 aromatic rings. The molecular formula is C16H14N2O3S. The number of benzene rings is 3. The average Bonchev–Trinajstić information content (AvgIpc) is 2.50. The molecule has 0 bridgehead atoms. The lowest BCUT2D eigenvalue weighted by atomic mass is 10.1. The van der Waals surface area contributed by atoms with Gasteiger partial charge in [-0.2, -0.15) is 8.42 Å². The molecule has 0 aliphatic rings. The van der Waals surface area contributed by atoms with Crippen LogP contribution in [0.15, 0.2) is 65.6 Å². The molecule has 0 heterocycles. The van der Waals surface area contributed by atoms with Gasteiger partial charge in [-0.15, -0.1) is 0 Å². The molecule has 0 atom stereocenters. The molecular weight excluding hydrogens is 300 g/mol. The number of hydrogen-bond donors (Lipinski definition) is 3. The van der Waals surface area contributed by atoms with Gasteiger partial charge in [-0.25, -0.2) is 0 Å². The monoisotopic (exact) mass is 314 g/mol. The van der Waals surface area contributed by atoms with Crippen LogP contribution in [0.4, 0.5) is 17.1 Å². The van der Waals surface area contributed by atoms with Gasteiger partial charge < -0.3 is 11.1 Å². The van der Waals surface area contributed by atoms with E-state index in [1.165, 1.54) is 6.07 Å². The molecule has 0 saturated carbocycles. The van der Waals surface area contributed by atoms with Crippen molar-refractivity contribution in [1.29, 1.82) is 0 Å². The molecule has 3 aromatic carbocycles. The second-order valence-corrected chi connectivity index (χ2v) is 6.24. The number of nitrogens with one attached hydrogen (secondary N) is 1. The molecule has 6 heteroatoms. The van der Waals surface area contributed by atoms with Crippen LogP contribution in [0.1, 0.15) is 0 Å². The van der Waals surface area contributed by atoms with Gasteiger partial charge in [0.25, 0.3) is 10.1 Å². The zero-order chi connectivity index (χ0) is 15.7. The van der Waals surface area contributed by atoms with E-state index in [1.807, 2.05) is 30.3 Å². The molecule has 0 aromatic heterocycles. The van der Waals surface area contributed by atoms with Gasteiger partial charge in [-0.1, -0.05) is 30.3 Å². The first-order valence-electron chi connectivity index (χ1n) is 6.57. The Balaban J connectivity index is 2.29. The molecule has 0 fully saturated rings. The molecule has 3 rings (SSSR count). The Labute approximate surface area is 128 Å². The zero-order valence-electron chi connectivity index (χ0n) is 11.5. The number of hydrogen-bond acceptors (Lipinski definition) is 4. The summed E-state index contributed by atoms with van der Waals surface area (Å²) < 4.78 is 32.8. The summed E-state index contributed by atoms with van der Waals surface area (Å²) in [5.41, 5.74) is 7.73. The smallest absolute Gasteiger partial charge is 0.295 e. The minimum Gasteiger partial charge on any atom is -0.398 e. The summed E-state index contributed by atoms with van der Waals surface area (Å²) in [5, 5.41) is 4.09. The van der Waals surface area contributed by atoms with E-state index in [4.69, 9.17) is 5.73 Å². The molecule has 0 aliphatic carbocycles. The van der Waals surface area contributed by atoms with Gasteiger partial charge in [0.05, 0.1) is 0 Å². The van der Waals surface area contributed by atoms with Crippen LogP contribution < -0.4 is 11.1 Å². The van der Waals surface area contributed by atoms with Crippen molar-refractivity contribution in [3.8, 4) is 0 Å². The Morgan fingerprint density at radius 1 is 0.909 bits per heavy atom. The summed E-state index contributed by atoms with van der Waals surface area (Å²) in [6, 6.07) is 17.3. The Hall–Kier alpha value is -2.57. The molecule has 0 radical (unpaired) electrons. The summed E-state index contributed by atoms with van der Waals surface area (Å²) in [7, 11) is -4.36. The summed E-state index contributed by atoms with van der Waals surface area (Å²) in [6.45, 7) is 0. The van der Waals surface area contributed by atoms with Gasteiger partial charge in [0.1, 0.15) is 4.90 Å². The molecule has 5 nitrogen and oxygen atoms in total. The molecule has 0 saturated heterocycles. The van der Waals surface area contributed by atoms with Crippen molar-refractivity contribution in [1.82, 2.24) is 0 Å². The standard InChI is InChI=1S/C16H14N2O3S/c17-13-9-10-14(18-11-5-2-1-3-6-11)16-12(13)7-4-8-15(16)22(19,20)21/h1-10,18H,17H2,(H,19,20,21). The fourth-order valence-electron chi connectivity index (χ4n) is 2.39. The average molecular weight is 314 g/mol. The second-order valence-electron chi connectivity index (χ2n) is 4.85. The van der Waals surface area contributed by atoms with Crippen LogP contribution in [-0.2, 0) is 10.1 Å². The highest BCUT2D eigenvalue weighted by atomic mass is 32.2.